The van der Waals surface area contributed by atoms with Crippen LogP contribution in [-0.4, -0.2) is 29.9 Å². The summed E-state index contributed by atoms with van der Waals surface area (Å²) in [6.07, 6.45) is 6.51. The fourth-order valence-corrected chi connectivity index (χ4v) is 4.72. The van der Waals surface area contributed by atoms with Gasteiger partial charge in [0.2, 0.25) is 5.91 Å². The molecule has 0 spiro atoms. The number of carbonyl (C=O) groups excluding carboxylic acids is 1. The van der Waals surface area contributed by atoms with E-state index in [2.05, 4.69) is 6.92 Å². The van der Waals surface area contributed by atoms with Crippen LogP contribution in [0.3, 0.4) is 0 Å². The van der Waals surface area contributed by atoms with Gasteiger partial charge in [-0.2, -0.15) is 0 Å². The van der Waals surface area contributed by atoms with Gasteiger partial charge < -0.3 is 10.6 Å². The molecule has 140 valence electrons. The second-order valence-corrected chi connectivity index (χ2v) is 8.26. The van der Waals surface area contributed by atoms with Gasteiger partial charge in [0.1, 0.15) is 0 Å². The van der Waals surface area contributed by atoms with Crippen LogP contribution in [0.1, 0.15) is 44.6 Å². The Bertz CT molecular complexity index is 564. The smallest absolute Gasteiger partial charge is 0.225 e. The molecular formula is C20H30Cl2N2O. The first-order valence-electron chi connectivity index (χ1n) is 9.22. The number of likely N-dealkylation sites (N-methyl/N-ethyl adjacent to an activating group) is 1. The van der Waals surface area contributed by atoms with Crippen molar-refractivity contribution in [1.82, 2.24) is 4.90 Å². The Kier molecular flexibility index (Phi) is 7.19. The second kappa shape index (κ2) is 8.75. The van der Waals surface area contributed by atoms with Gasteiger partial charge in [-0.1, -0.05) is 30.2 Å². The molecule has 1 aromatic rings. The molecule has 2 aliphatic rings. The highest BCUT2D eigenvalue weighted by atomic mass is 35.5. The lowest BCUT2D eigenvalue weighted by Crippen LogP contribution is -2.50. The van der Waals surface area contributed by atoms with E-state index in [1.165, 1.54) is 24.8 Å². The highest BCUT2D eigenvalue weighted by Crippen LogP contribution is 2.42. The van der Waals surface area contributed by atoms with Crippen LogP contribution < -0.4 is 5.73 Å². The Labute approximate surface area is 162 Å². The first-order chi connectivity index (χ1) is 11.5. The summed E-state index contributed by atoms with van der Waals surface area (Å²) in [4.78, 5) is 14.9. The van der Waals surface area contributed by atoms with Crippen molar-refractivity contribution in [2.45, 2.75) is 57.5 Å². The van der Waals surface area contributed by atoms with E-state index in [1.807, 2.05) is 36.2 Å². The minimum absolute atomic E-state index is 0. The maximum absolute atomic E-state index is 13.0. The van der Waals surface area contributed by atoms with Crippen LogP contribution in [-0.2, 0) is 11.2 Å². The van der Waals surface area contributed by atoms with Crippen molar-refractivity contribution in [3.63, 3.8) is 0 Å². The number of hydrogen-bond acceptors (Lipinski definition) is 2. The Balaban J connectivity index is 0.00000225. The summed E-state index contributed by atoms with van der Waals surface area (Å²) in [5, 5.41) is 0.751. The quantitative estimate of drug-likeness (QED) is 0.840. The minimum atomic E-state index is 0. The standard InChI is InChI=1S/C20H29ClN2O.ClH/c1-13(10-14-6-8-18(21)9-7-14)23(2)20(24)17-11-15-4-3-5-16(12-17)19(15)22;/h6-9,13,15-17,19H,3-5,10-12,22H2,1-2H3;1H. The molecule has 0 aliphatic heterocycles. The Hall–Kier alpha value is -0.770. The van der Waals surface area contributed by atoms with Crippen LogP contribution in [0.4, 0.5) is 0 Å². The van der Waals surface area contributed by atoms with Gasteiger partial charge in [0.05, 0.1) is 0 Å². The van der Waals surface area contributed by atoms with E-state index in [0.717, 1.165) is 24.3 Å². The van der Waals surface area contributed by atoms with E-state index >= 15 is 0 Å². The van der Waals surface area contributed by atoms with Gasteiger partial charge in [-0.05, 0) is 68.6 Å². The minimum Gasteiger partial charge on any atom is -0.342 e. The molecule has 2 saturated carbocycles. The molecule has 0 aromatic heterocycles. The fraction of sp³-hybridized carbons (Fsp3) is 0.650. The first kappa shape index (κ1) is 20.5. The number of benzene rings is 1. The average Bonchev–Trinajstić information content (AvgIpc) is 2.55. The molecule has 0 radical (unpaired) electrons. The highest BCUT2D eigenvalue weighted by molar-refractivity contribution is 6.30. The van der Waals surface area contributed by atoms with Gasteiger partial charge in [-0.3, -0.25) is 4.79 Å². The van der Waals surface area contributed by atoms with Gasteiger partial charge >= 0.3 is 0 Å². The molecule has 1 amide bonds. The van der Waals surface area contributed by atoms with Gasteiger partial charge in [0.15, 0.2) is 0 Å². The molecule has 25 heavy (non-hydrogen) atoms. The molecular weight excluding hydrogens is 355 g/mol. The first-order valence-corrected chi connectivity index (χ1v) is 9.60. The van der Waals surface area contributed by atoms with Crippen molar-refractivity contribution in [3.8, 4) is 0 Å². The molecule has 1 aromatic carbocycles. The van der Waals surface area contributed by atoms with Crippen molar-refractivity contribution in [1.29, 1.82) is 0 Å². The third-order valence-electron chi connectivity index (χ3n) is 6.22. The molecule has 3 nitrogen and oxygen atoms in total. The molecule has 3 unspecified atom stereocenters. The maximum atomic E-state index is 13.0. The zero-order chi connectivity index (χ0) is 17.3. The number of amides is 1. The molecule has 5 heteroatoms. The molecule has 2 N–H and O–H groups in total. The lowest BCUT2D eigenvalue weighted by molar-refractivity contribution is -0.139. The number of halogens is 2. The Morgan fingerprint density at radius 1 is 1.24 bits per heavy atom. The molecule has 2 aliphatic carbocycles. The normalized spacial score (nSPS) is 29.4. The van der Waals surface area contributed by atoms with E-state index in [1.54, 1.807) is 0 Å². The largest absolute Gasteiger partial charge is 0.342 e. The molecule has 2 bridgehead atoms. The third kappa shape index (κ3) is 4.69. The van der Waals surface area contributed by atoms with Crippen LogP contribution >= 0.6 is 24.0 Å². The number of fused-ring (bicyclic) bond motifs is 2. The van der Waals surface area contributed by atoms with Crippen molar-refractivity contribution >= 4 is 29.9 Å². The monoisotopic (exact) mass is 384 g/mol. The second-order valence-electron chi connectivity index (χ2n) is 7.83. The van der Waals surface area contributed by atoms with Crippen LogP contribution in [0, 0.1) is 17.8 Å². The van der Waals surface area contributed by atoms with E-state index in [4.69, 9.17) is 17.3 Å². The molecule has 3 atom stereocenters. The van der Waals surface area contributed by atoms with Gasteiger partial charge in [-0.25, -0.2) is 0 Å². The van der Waals surface area contributed by atoms with E-state index in [0.29, 0.717) is 23.8 Å². The molecule has 2 fully saturated rings. The molecule has 0 saturated heterocycles. The lowest BCUT2D eigenvalue weighted by atomic mass is 9.65. The Morgan fingerprint density at radius 3 is 2.36 bits per heavy atom. The summed E-state index contributed by atoms with van der Waals surface area (Å²) in [6.45, 7) is 2.13. The van der Waals surface area contributed by atoms with E-state index in [9.17, 15) is 4.79 Å². The predicted octanol–water partition coefficient (Wildman–Crippen LogP) is 4.30. The van der Waals surface area contributed by atoms with Gasteiger partial charge in [0.25, 0.3) is 0 Å². The fourth-order valence-electron chi connectivity index (χ4n) is 4.59. The third-order valence-corrected chi connectivity index (χ3v) is 6.47. The SMILES string of the molecule is CC(Cc1ccc(Cl)cc1)N(C)C(=O)C1CC2CCCC(C1)C2N.Cl. The summed E-state index contributed by atoms with van der Waals surface area (Å²) in [7, 11) is 1.95. The lowest BCUT2D eigenvalue weighted by Gasteiger charge is -2.44. The van der Waals surface area contributed by atoms with Crippen molar-refractivity contribution in [3.05, 3.63) is 34.9 Å². The van der Waals surface area contributed by atoms with Crippen LogP contribution in [0.5, 0.6) is 0 Å². The van der Waals surface area contributed by atoms with Crippen LogP contribution in [0.2, 0.25) is 5.02 Å². The number of rotatable bonds is 4. The van der Waals surface area contributed by atoms with Crippen molar-refractivity contribution in [2.75, 3.05) is 7.05 Å². The predicted molar refractivity (Wildman–Crippen MR) is 106 cm³/mol. The molecule has 0 heterocycles. The Morgan fingerprint density at radius 2 is 1.80 bits per heavy atom. The summed E-state index contributed by atoms with van der Waals surface area (Å²) < 4.78 is 0. The summed E-state index contributed by atoms with van der Waals surface area (Å²) >= 11 is 5.95. The average molecular weight is 385 g/mol. The van der Waals surface area contributed by atoms with Crippen LogP contribution in [0.25, 0.3) is 0 Å². The number of hydrogen-bond donors (Lipinski definition) is 1. The number of nitrogens with two attached hydrogens (primary N) is 1. The topological polar surface area (TPSA) is 46.3 Å². The van der Waals surface area contributed by atoms with Crippen molar-refractivity contribution < 1.29 is 4.79 Å². The van der Waals surface area contributed by atoms with E-state index < -0.39 is 0 Å². The van der Waals surface area contributed by atoms with Gasteiger partial charge in [-0.15, -0.1) is 12.4 Å². The maximum Gasteiger partial charge on any atom is 0.225 e. The zero-order valence-electron chi connectivity index (χ0n) is 15.2. The summed E-state index contributed by atoms with van der Waals surface area (Å²) in [5.74, 6) is 1.57. The summed E-state index contributed by atoms with van der Waals surface area (Å²) in [6, 6.07) is 8.42. The number of nitrogens with zero attached hydrogens (tertiary/aromatic N) is 1. The van der Waals surface area contributed by atoms with Gasteiger partial charge in [0, 0.05) is 30.1 Å². The summed E-state index contributed by atoms with van der Waals surface area (Å²) in [5.41, 5.74) is 7.58. The van der Waals surface area contributed by atoms with Crippen LogP contribution in [0.15, 0.2) is 24.3 Å². The number of carbonyl (C=O) groups is 1. The zero-order valence-corrected chi connectivity index (χ0v) is 16.7. The van der Waals surface area contributed by atoms with E-state index in [-0.39, 0.29) is 24.4 Å². The highest BCUT2D eigenvalue weighted by Gasteiger charge is 2.41. The van der Waals surface area contributed by atoms with Crippen molar-refractivity contribution in [2.24, 2.45) is 23.5 Å². The molecule has 3 rings (SSSR count).